The average molecular weight is 1430 g/mol. The third-order valence-electron chi connectivity index (χ3n) is 17.3. The van der Waals surface area contributed by atoms with Crippen LogP contribution in [0.4, 0.5) is 8.78 Å². The number of carbonyl (C=O) groups excluding carboxylic acids is 10. The zero-order valence-corrected chi connectivity index (χ0v) is 56.6. The van der Waals surface area contributed by atoms with Gasteiger partial charge >= 0.3 is 5.97 Å². The first-order chi connectivity index (χ1) is 48.6. The molecule has 7 aromatic rings. The minimum Gasteiger partial charge on any atom is -0.508 e. The molecule has 2 aliphatic heterocycles. The van der Waals surface area contributed by atoms with Gasteiger partial charge in [0.1, 0.15) is 65.7 Å². The molecule has 0 spiro atoms. The zero-order valence-electron chi connectivity index (χ0n) is 55.0. The predicted molar refractivity (Wildman–Crippen MR) is 372 cm³/mol. The van der Waals surface area contributed by atoms with Gasteiger partial charge in [-0.05, 0) is 121 Å². The van der Waals surface area contributed by atoms with E-state index in [9.17, 15) is 52.6 Å². The van der Waals surface area contributed by atoms with Crippen LogP contribution in [0.2, 0.25) is 0 Å². The van der Waals surface area contributed by atoms with Gasteiger partial charge in [0, 0.05) is 114 Å². The number of nitrogens with two attached hydrogens (primary N) is 2. The third-order valence-corrected chi connectivity index (χ3v) is 19.4. The summed E-state index contributed by atoms with van der Waals surface area (Å²) in [7, 11) is 0. The lowest BCUT2D eigenvalue weighted by Gasteiger charge is -2.31. The number of H-pyrrole nitrogens is 3. The number of nitrogens with one attached hydrogen (secondary N) is 11. The molecule has 536 valence electrons. The van der Waals surface area contributed by atoms with Crippen molar-refractivity contribution in [3.05, 3.63) is 155 Å². The standard InChI is InChI=1S/C69H81F2N15O13S2/c70-43-11-15-49-47(27-43)41(30-75-49)25-53-65(95)82-54(26-42-31-76-50-16-12-44(71)28-48(42)50)66(96)81-52(17-18-61(90)91)64(94)83-55(29-45-32-74-37-78-45)67(97)84-56(24-38-9-13-46(87)14-10-38)69(99)86-21-4-8-58(86)68(98)85-57(62(73)92)36-101-35-40-6-3-5-39(23-40)34-100-22-19-59(88)79-51(7-1-2-20-72)63(93)77-33-60(89)80-53/h3,5-6,9-16,23,27-28,30-32,37,51-58,75-76,87H,1-2,4,7-8,17-22,24-26,29,33-36,72H2,(H2,73,92)(H,74,78)(H,77,93)(H,79,88)(H,80,89)(H,81,96)(H,82,95)(H,83,94)(H,84,97)(H,85,98)(H,90,91)/t51-,52-,53-,54-,55-,56-,57-,58-/m0/s1. The Morgan fingerprint density at radius 3 is 1.81 bits per heavy atom. The summed E-state index contributed by atoms with van der Waals surface area (Å²) in [5.41, 5.74) is 15.7. The van der Waals surface area contributed by atoms with Gasteiger partial charge in [-0.3, -0.25) is 52.7 Å². The van der Waals surface area contributed by atoms with Crippen molar-refractivity contribution in [1.29, 1.82) is 0 Å². The van der Waals surface area contributed by atoms with Crippen molar-refractivity contribution < 1.29 is 71.7 Å². The van der Waals surface area contributed by atoms with Gasteiger partial charge in [-0.1, -0.05) is 36.4 Å². The number of hydrogen-bond acceptors (Lipinski definition) is 16. The van der Waals surface area contributed by atoms with Crippen LogP contribution >= 0.6 is 23.5 Å². The number of phenols is 1. The molecule has 1 saturated heterocycles. The molecule has 3 aromatic heterocycles. The number of aromatic nitrogens is 4. The fourth-order valence-corrected chi connectivity index (χ4v) is 13.9. The summed E-state index contributed by atoms with van der Waals surface area (Å²) >= 11 is 2.79. The number of nitrogens with zero attached hydrogens (tertiary/aromatic N) is 2. The molecule has 10 amide bonds. The van der Waals surface area contributed by atoms with Gasteiger partial charge in [0.2, 0.25) is 59.1 Å². The number of fused-ring (bicyclic) bond motifs is 5. The quantitative estimate of drug-likeness (QED) is 0.0617. The molecular weight excluding hydrogens is 1350 g/mol. The average Bonchev–Trinajstić information content (AvgIpc) is 1.73. The first-order valence-electron chi connectivity index (χ1n) is 33.0. The van der Waals surface area contributed by atoms with E-state index in [2.05, 4.69) is 62.5 Å². The van der Waals surface area contributed by atoms with Crippen molar-refractivity contribution in [2.45, 2.75) is 137 Å². The third kappa shape index (κ3) is 21.6. The Balaban J connectivity index is 1.06. The topological polar surface area (TPSA) is 440 Å². The Morgan fingerprint density at radius 1 is 0.614 bits per heavy atom. The Hall–Kier alpha value is -10.3. The van der Waals surface area contributed by atoms with Crippen molar-refractivity contribution in [1.82, 2.24) is 67.4 Å². The first kappa shape index (κ1) is 74.9. The Bertz CT molecular complexity index is 4120. The van der Waals surface area contributed by atoms with Gasteiger partial charge in [-0.25, -0.2) is 13.8 Å². The van der Waals surface area contributed by atoms with Crippen LogP contribution < -0.4 is 54.0 Å². The number of aromatic amines is 3. The Kier molecular flexibility index (Phi) is 26.8. The van der Waals surface area contributed by atoms with Gasteiger partial charge in [-0.2, -0.15) is 23.5 Å². The largest absolute Gasteiger partial charge is 0.508 e. The summed E-state index contributed by atoms with van der Waals surface area (Å²) in [6.07, 6.45) is 4.47. The maximum atomic E-state index is 15.1. The molecule has 4 aromatic carbocycles. The molecule has 28 nitrogen and oxygen atoms in total. The molecule has 8 atom stereocenters. The zero-order chi connectivity index (χ0) is 72.1. The van der Waals surface area contributed by atoms with E-state index in [1.54, 1.807) is 0 Å². The second-order valence-corrected chi connectivity index (χ2v) is 26.9. The maximum Gasteiger partial charge on any atom is 0.303 e. The number of primary amides is 1. The van der Waals surface area contributed by atoms with Crippen LogP contribution in [0, 0.1) is 11.6 Å². The number of carboxylic acid groups (broad SMARTS) is 1. The van der Waals surface area contributed by atoms with Crippen LogP contribution in [0.5, 0.6) is 5.75 Å². The molecule has 0 saturated carbocycles. The first-order valence-corrected chi connectivity index (χ1v) is 35.3. The second kappa shape index (κ2) is 36.1. The molecule has 101 heavy (non-hydrogen) atoms. The minimum atomic E-state index is -1.81. The van der Waals surface area contributed by atoms with Gasteiger partial charge in [-0.15, -0.1) is 0 Å². The van der Waals surface area contributed by atoms with E-state index in [0.29, 0.717) is 70.6 Å². The van der Waals surface area contributed by atoms with Gasteiger partial charge < -0.3 is 84.1 Å². The fraction of sp³-hybridized carbons (Fsp3) is 0.391. The van der Waals surface area contributed by atoms with Crippen molar-refractivity contribution in [2.75, 3.05) is 31.1 Å². The fourth-order valence-electron chi connectivity index (χ4n) is 12.0. The summed E-state index contributed by atoms with van der Waals surface area (Å²) in [6.45, 7) is -0.390. The highest BCUT2D eigenvalue weighted by Gasteiger charge is 2.41. The van der Waals surface area contributed by atoms with E-state index in [4.69, 9.17) is 11.5 Å². The van der Waals surface area contributed by atoms with Crippen LogP contribution in [0.15, 0.2) is 110 Å². The number of rotatable bonds is 16. The summed E-state index contributed by atoms with van der Waals surface area (Å²) < 4.78 is 29.9. The number of benzene rings is 4. The highest BCUT2D eigenvalue weighted by atomic mass is 32.2. The smallest absolute Gasteiger partial charge is 0.303 e. The van der Waals surface area contributed by atoms with Gasteiger partial charge in [0.25, 0.3) is 0 Å². The van der Waals surface area contributed by atoms with Crippen LogP contribution in [-0.4, -0.2) is 180 Å². The highest BCUT2D eigenvalue weighted by molar-refractivity contribution is 7.98. The van der Waals surface area contributed by atoms with E-state index in [0.717, 1.165) is 11.1 Å². The summed E-state index contributed by atoms with van der Waals surface area (Å²) in [6, 6.07) is 9.36. The number of carbonyl (C=O) groups is 11. The van der Waals surface area contributed by atoms with Gasteiger partial charge in [0.05, 0.1) is 12.9 Å². The summed E-state index contributed by atoms with van der Waals surface area (Å²) in [4.78, 5) is 171. The molecule has 9 rings (SSSR count). The summed E-state index contributed by atoms with van der Waals surface area (Å²) in [5, 5.41) is 42.1. The number of thioether (sulfide) groups is 2. The number of aromatic hydroxyl groups is 1. The van der Waals surface area contributed by atoms with E-state index in [1.165, 1.54) is 114 Å². The SMILES string of the molecule is NCCCC[C@@H]1NC(=O)CCSCc2cccc(c2)CSC[C@@H](C(N)=O)NC(=O)[C@@H]2CCCN2C(=O)[C@H](Cc2ccc(O)cc2)NC(=O)[C@H](Cc2cnc[nH]2)NC(=O)[C@H](CCC(=O)O)NC(=O)[C@H](Cc2c[nH]c3ccc(F)cc23)NC(=O)[C@H](Cc2c[nH]c3ccc(F)cc23)NC(=O)CNC1=O. The van der Waals surface area contributed by atoms with Crippen LogP contribution in [0.3, 0.4) is 0 Å². The van der Waals surface area contributed by atoms with E-state index >= 15 is 19.2 Å². The molecule has 2 bridgehead atoms. The van der Waals surface area contributed by atoms with Gasteiger partial charge in [0.15, 0.2) is 0 Å². The molecule has 5 heterocycles. The number of halogens is 2. The molecule has 1 fully saturated rings. The van der Waals surface area contributed by atoms with Crippen molar-refractivity contribution in [3.63, 3.8) is 0 Å². The van der Waals surface area contributed by atoms with Crippen LogP contribution in [0.25, 0.3) is 21.8 Å². The van der Waals surface area contributed by atoms with Crippen molar-refractivity contribution >= 4 is 110 Å². The molecule has 0 radical (unpaired) electrons. The second-order valence-electron chi connectivity index (χ2n) is 24.8. The highest BCUT2D eigenvalue weighted by Crippen LogP contribution is 2.26. The number of aliphatic carboxylic acids is 1. The predicted octanol–water partition coefficient (Wildman–Crippen LogP) is 2.18. The lowest BCUT2D eigenvalue weighted by atomic mass is 10.0. The molecule has 0 aliphatic carbocycles. The number of carboxylic acids is 1. The monoisotopic (exact) mass is 1430 g/mol. The maximum absolute atomic E-state index is 15.1. The van der Waals surface area contributed by atoms with Crippen molar-refractivity contribution in [2.24, 2.45) is 11.5 Å². The normalized spacial score (nSPS) is 22.0. The van der Waals surface area contributed by atoms with E-state index in [-0.39, 0.29) is 73.2 Å². The lowest BCUT2D eigenvalue weighted by Crippen LogP contribution is -2.61. The number of hydrogen-bond donors (Lipinski definition) is 15. The molecule has 2 aliphatic rings. The molecule has 0 unspecified atom stereocenters. The molecule has 32 heteroatoms. The summed E-state index contributed by atoms with van der Waals surface area (Å²) in [5.74, 6) is -10.1. The van der Waals surface area contributed by atoms with Crippen LogP contribution in [0.1, 0.15) is 84.9 Å². The lowest BCUT2D eigenvalue weighted by molar-refractivity contribution is -0.142. The number of amides is 10. The van der Waals surface area contributed by atoms with E-state index in [1.807, 2.05) is 24.3 Å². The number of phenolic OH excluding ortho intramolecular Hbond substituents is 1. The number of imidazole rings is 1. The molecule has 17 N–H and O–H groups in total. The number of unbranched alkanes of at least 4 members (excludes halogenated alkanes) is 1. The van der Waals surface area contributed by atoms with Crippen LogP contribution in [-0.2, 0) is 89.9 Å². The van der Waals surface area contributed by atoms with Crippen molar-refractivity contribution in [3.8, 4) is 5.75 Å². The molecular formula is C69H81F2N15O13S2. The Morgan fingerprint density at radius 2 is 1.20 bits per heavy atom. The van der Waals surface area contributed by atoms with E-state index < -0.39 is 151 Å². The minimum absolute atomic E-state index is 0.0133. The Labute approximate surface area is 587 Å².